The lowest BCUT2D eigenvalue weighted by molar-refractivity contribution is -0.384. The highest BCUT2D eigenvalue weighted by atomic mass is 35.5. The molecule has 0 atom stereocenters. The number of carbonyl (C=O) groups is 1. The van der Waals surface area contributed by atoms with Gasteiger partial charge in [0.1, 0.15) is 6.54 Å². The van der Waals surface area contributed by atoms with Gasteiger partial charge in [0, 0.05) is 22.7 Å². The number of nitrogens with zero attached hydrogens (tertiary/aromatic N) is 3. The SMILES string of the molecule is CCc1ccccc1N(CC(=O)N/N=C\c1cc([N+](=O)[O-])ccc1Cl)S(=O)(=O)c1ccccc1. The number of amides is 1. The normalized spacial score (nSPS) is 11.4. The van der Waals surface area contributed by atoms with E-state index in [4.69, 9.17) is 11.6 Å². The molecule has 0 radical (unpaired) electrons. The third-order valence-electron chi connectivity index (χ3n) is 4.84. The number of benzene rings is 3. The number of hydrogen-bond donors (Lipinski definition) is 1. The largest absolute Gasteiger partial charge is 0.271 e. The third-order valence-corrected chi connectivity index (χ3v) is 6.96. The van der Waals surface area contributed by atoms with Crippen molar-refractivity contribution in [3.63, 3.8) is 0 Å². The molecule has 0 saturated carbocycles. The molecule has 9 nitrogen and oxygen atoms in total. The zero-order valence-electron chi connectivity index (χ0n) is 18.1. The summed E-state index contributed by atoms with van der Waals surface area (Å²) in [6, 6.07) is 18.5. The average molecular weight is 501 g/mol. The molecule has 3 aromatic rings. The van der Waals surface area contributed by atoms with Gasteiger partial charge in [0.2, 0.25) is 0 Å². The van der Waals surface area contributed by atoms with E-state index in [-0.39, 0.29) is 21.2 Å². The van der Waals surface area contributed by atoms with Crippen LogP contribution >= 0.6 is 11.6 Å². The van der Waals surface area contributed by atoms with Crippen LogP contribution in [0.25, 0.3) is 0 Å². The van der Waals surface area contributed by atoms with Gasteiger partial charge in [0.25, 0.3) is 21.6 Å². The lowest BCUT2D eigenvalue weighted by Gasteiger charge is -2.25. The predicted octanol–water partition coefficient (Wildman–Crippen LogP) is 4.16. The Labute approximate surface area is 201 Å². The van der Waals surface area contributed by atoms with Gasteiger partial charge in [-0.15, -0.1) is 0 Å². The number of nitro benzene ring substituents is 1. The summed E-state index contributed by atoms with van der Waals surface area (Å²) >= 11 is 6.03. The zero-order valence-corrected chi connectivity index (χ0v) is 19.7. The molecule has 3 aromatic carbocycles. The molecule has 176 valence electrons. The molecule has 3 rings (SSSR count). The summed E-state index contributed by atoms with van der Waals surface area (Å²) < 4.78 is 27.8. The number of nitro groups is 1. The highest BCUT2D eigenvalue weighted by Crippen LogP contribution is 2.27. The maximum atomic E-state index is 13.4. The number of hydrogen-bond acceptors (Lipinski definition) is 6. The number of sulfonamides is 1. The summed E-state index contributed by atoms with van der Waals surface area (Å²) in [5, 5.41) is 14.9. The minimum absolute atomic E-state index is 0.0422. The van der Waals surface area contributed by atoms with Crippen molar-refractivity contribution in [1.29, 1.82) is 0 Å². The van der Waals surface area contributed by atoms with Gasteiger partial charge >= 0.3 is 0 Å². The fourth-order valence-electron chi connectivity index (χ4n) is 3.16. The van der Waals surface area contributed by atoms with Gasteiger partial charge in [-0.3, -0.25) is 19.2 Å². The van der Waals surface area contributed by atoms with E-state index >= 15 is 0 Å². The Morgan fingerprint density at radius 3 is 2.47 bits per heavy atom. The summed E-state index contributed by atoms with van der Waals surface area (Å²) in [7, 11) is -4.06. The van der Waals surface area contributed by atoms with Gasteiger partial charge < -0.3 is 0 Å². The molecule has 1 N–H and O–H groups in total. The molecule has 11 heteroatoms. The van der Waals surface area contributed by atoms with Crippen molar-refractivity contribution in [2.75, 3.05) is 10.8 Å². The number of rotatable bonds is 9. The molecule has 1 amide bonds. The lowest BCUT2D eigenvalue weighted by atomic mass is 10.1. The van der Waals surface area contributed by atoms with E-state index in [1.165, 1.54) is 30.3 Å². The number of non-ortho nitro benzene ring substituents is 1. The summed E-state index contributed by atoms with van der Waals surface area (Å²) in [5.74, 6) is -0.705. The van der Waals surface area contributed by atoms with E-state index < -0.39 is 27.4 Å². The van der Waals surface area contributed by atoms with Crippen LogP contribution in [-0.4, -0.2) is 32.0 Å². The van der Waals surface area contributed by atoms with Crippen molar-refractivity contribution in [2.24, 2.45) is 5.10 Å². The van der Waals surface area contributed by atoms with E-state index in [0.717, 1.165) is 16.1 Å². The van der Waals surface area contributed by atoms with E-state index in [2.05, 4.69) is 10.5 Å². The minimum atomic E-state index is -4.06. The molecule has 34 heavy (non-hydrogen) atoms. The molecule has 0 aromatic heterocycles. The second-order valence-electron chi connectivity index (χ2n) is 7.06. The van der Waals surface area contributed by atoms with Crippen LogP contribution in [0.5, 0.6) is 0 Å². The molecular formula is C23H21ClN4O5S. The molecule has 0 saturated heterocycles. The minimum Gasteiger partial charge on any atom is -0.271 e. The standard InChI is InChI=1S/C23H21ClN4O5S/c1-2-17-8-6-7-11-22(17)27(34(32,33)20-9-4-3-5-10-20)16-23(29)26-25-15-18-14-19(28(30)31)12-13-21(18)24/h3-15H,2,16H2,1H3,(H,26,29)/b25-15-. The van der Waals surface area contributed by atoms with Crippen LogP contribution in [0, 0.1) is 10.1 Å². The van der Waals surface area contributed by atoms with E-state index in [0.29, 0.717) is 12.1 Å². The topological polar surface area (TPSA) is 122 Å². The molecule has 0 aliphatic heterocycles. The third kappa shape index (κ3) is 5.77. The van der Waals surface area contributed by atoms with Gasteiger partial charge in [-0.1, -0.05) is 54.9 Å². The summed E-state index contributed by atoms with van der Waals surface area (Å²) in [5.41, 5.74) is 3.44. The van der Waals surface area contributed by atoms with Gasteiger partial charge in [0.15, 0.2) is 0 Å². The predicted molar refractivity (Wildman–Crippen MR) is 131 cm³/mol. The van der Waals surface area contributed by atoms with Crippen LogP contribution < -0.4 is 9.73 Å². The molecule has 0 heterocycles. The van der Waals surface area contributed by atoms with E-state index in [9.17, 15) is 23.3 Å². The van der Waals surface area contributed by atoms with Crippen molar-refractivity contribution in [3.8, 4) is 0 Å². The first kappa shape index (κ1) is 24.9. The number of halogens is 1. The monoisotopic (exact) mass is 500 g/mol. The highest BCUT2D eigenvalue weighted by Gasteiger charge is 2.28. The molecule has 0 aliphatic carbocycles. The van der Waals surface area contributed by atoms with E-state index in [1.54, 1.807) is 42.5 Å². The Kier molecular flexibility index (Phi) is 7.98. The Morgan fingerprint density at radius 2 is 1.79 bits per heavy atom. The second kappa shape index (κ2) is 10.9. The van der Waals surface area contributed by atoms with Gasteiger partial charge in [-0.25, -0.2) is 13.8 Å². The van der Waals surface area contributed by atoms with Crippen molar-refractivity contribution < 1.29 is 18.1 Å². The first-order chi connectivity index (χ1) is 16.2. The molecular weight excluding hydrogens is 480 g/mol. The number of nitrogens with one attached hydrogen (secondary N) is 1. The molecule has 0 aliphatic rings. The molecule has 0 fully saturated rings. The van der Waals surface area contributed by atoms with Crippen LogP contribution in [0.1, 0.15) is 18.1 Å². The molecule has 0 spiro atoms. The van der Waals surface area contributed by atoms with Crippen molar-refractivity contribution >= 4 is 45.1 Å². The first-order valence-corrected chi connectivity index (χ1v) is 12.0. The number of para-hydroxylation sites is 1. The van der Waals surface area contributed by atoms with Crippen LogP contribution in [-0.2, 0) is 21.2 Å². The smallest absolute Gasteiger partial charge is 0.270 e. The lowest BCUT2D eigenvalue weighted by Crippen LogP contribution is -2.40. The Morgan fingerprint density at radius 1 is 1.12 bits per heavy atom. The van der Waals surface area contributed by atoms with Gasteiger partial charge in [0.05, 0.1) is 21.7 Å². The Bertz CT molecular complexity index is 1330. The Hall–Kier alpha value is -3.76. The van der Waals surface area contributed by atoms with Crippen LogP contribution in [0.3, 0.4) is 0 Å². The first-order valence-electron chi connectivity index (χ1n) is 10.2. The maximum absolute atomic E-state index is 13.4. The van der Waals surface area contributed by atoms with Crippen LogP contribution in [0.2, 0.25) is 5.02 Å². The Balaban J connectivity index is 1.87. The molecule has 0 unspecified atom stereocenters. The molecule has 0 bridgehead atoms. The second-order valence-corrected chi connectivity index (χ2v) is 9.33. The van der Waals surface area contributed by atoms with E-state index in [1.807, 2.05) is 6.92 Å². The fraction of sp³-hybridized carbons (Fsp3) is 0.130. The van der Waals surface area contributed by atoms with Crippen molar-refractivity contribution in [1.82, 2.24) is 5.43 Å². The fourth-order valence-corrected chi connectivity index (χ4v) is 4.80. The number of hydrazone groups is 1. The quantitative estimate of drug-likeness (QED) is 0.268. The number of carbonyl (C=O) groups excluding carboxylic acids is 1. The van der Waals surface area contributed by atoms with Crippen LogP contribution in [0.15, 0.2) is 82.8 Å². The summed E-state index contributed by atoms with van der Waals surface area (Å²) in [6.07, 6.45) is 1.71. The number of anilines is 1. The average Bonchev–Trinajstić information content (AvgIpc) is 2.84. The summed E-state index contributed by atoms with van der Waals surface area (Å²) in [6.45, 7) is 1.35. The maximum Gasteiger partial charge on any atom is 0.270 e. The van der Waals surface area contributed by atoms with Crippen molar-refractivity contribution in [3.05, 3.63) is 99.1 Å². The van der Waals surface area contributed by atoms with Crippen LogP contribution in [0.4, 0.5) is 11.4 Å². The summed E-state index contributed by atoms with van der Waals surface area (Å²) in [4.78, 5) is 23.1. The van der Waals surface area contributed by atoms with Crippen molar-refractivity contribution in [2.45, 2.75) is 18.2 Å². The van der Waals surface area contributed by atoms with Gasteiger partial charge in [-0.05, 0) is 36.2 Å². The van der Waals surface area contributed by atoms with Gasteiger partial charge in [-0.2, -0.15) is 5.10 Å². The number of aryl methyl sites for hydroxylation is 1. The highest BCUT2D eigenvalue weighted by molar-refractivity contribution is 7.92. The zero-order chi connectivity index (χ0) is 24.7.